The summed E-state index contributed by atoms with van der Waals surface area (Å²) in [7, 11) is 2.93. The minimum Gasteiger partial charge on any atom is -0.454 e. The predicted octanol–water partition coefficient (Wildman–Crippen LogP) is 4.41. The smallest absolute Gasteiger partial charge is 0.406 e. The van der Waals surface area contributed by atoms with Crippen molar-refractivity contribution in [2.24, 2.45) is 0 Å². The van der Waals surface area contributed by atoms with Crippen LogP contribution in [0.4, 0.5) is 18.9 Å². The van der Waals surface area contributed by atoms with Crippen molar-refractivity contribution in [2.45, 2.75) is 38.1 Å². The van der Waals surface area contributed by atoms with Gasteiger partial charge < -0.3 is 24.6 Å². The first-order chi connectivity index (χ1) is 18.5. The molecule has 12 heteroatoms. The molecule has 0 atom stereocenters. The molecule has 0 unspecified atom stereocenters. The number of aromatic nitrogens is 1. The number of carbonyl (C=O) groups excluding carboxylic acids is 1. The van der Waals surface area contributed by atoms with Crippen molar-refractivity contribution < 1.29 is 27.4 Å². The Kier molecular flexibility index (Phi) is 7.39. The zero-order valence-electron chi connectivity index (χ0n) is 21.5. The van der Waals surface area contributed by atoms with E-state index in [0.717, 1.165) is 5.56 Å². The van der Waals surface area contributed by atoms with Crippen LogP contribution >= 0.6 is 11.6 Å². The first kappa shape index (κ1) is 27.1. The molecule has 208 valence electrons. The lowest BCUT2D eigenvalue weighted by molar-refractivity contribution is -0.140. The number of ether oxygens (including phenoxy) is 2. The number of rotatable bonds is 6. The number of piperidine rings is 1. The largest absolute Gasteiger partial charge is 0.454 e. The van der Waals surface area contributed by atoms with Gasteiger partial charge in [0.15, 0.2) is 11.5 Å². The Labute approximate surface area is 227 Å². The second-order valence-electron chi connectivity index (χ2n) is 9.89. The molecule has 3 heterocycles. The van der Waals surface area contributed by atoms with Crippen molar-refractivity contribution in [2.75, 3.05) is 38.9 Å². The maximum Gasteiger partial charge on any atom is 0.406 e. The van der Waals surface area contributed by atoms with Gasteiger partial charge in [-0.15, -0.1) is 0 Å². The summed E-state index contributed by atoms with van der Waals surface area (Å²) in [5.74, 6) is 0.510. The Morgan fingerprint density at radius 1 is 1.10 bits per heavy atom. The van der Waals surface area contributed by atoms with Crippen LogP contribution in [0.25, 0.3) is 10.9 Å². The Hall–Kier alpha value is -3.44. The van der Waals surface area contributed by atoms with Crippen LogP contribution in [0.2, 0.25) is 5.02 Å². The SMILES string of the molecule is CN(C)C(=O)c1c(N(Cc2ccc3c(c2)OCO3)C2CCNCC2)c2cc(Cl)ccc2n(CC(F)(F)F)c1=O. The quantitative estimate of drug-likeness (QED) is 0.478. The van der Waals surface area contributed by atoms with Crippen molar-refractivity contribution in [3.63, 3.8) is 0 Å². The molecular formula is C27H28ClF3N4O4. The molecular weight excluding hydrogens is 537 g/mol. The Bertz CT molecular complexity index is 1470. The zero-order chi connectivity index (χ0) is 27.9. The number of amides is 1. The average molecular weight is 565 g/mol. The summed E-state index contributed by atoms with van der Waals surface area (Å²) in [6.45, 7) is 0.276. The third-order valence-corrected chi connectivity index (χ3v) is 7.22. The average Bonchev–Trinajstić information content (AvgIpc) is 3.36. The number of alkyl halides is 3. The molecule has 1 fully saturated rings. The highest BCUT2D eigenvalue weighted by Crippen LogP contribution is 2.38. The van der Waals surface area contributed by atoms with Crippen molar-refractivity contribution >= 4 is 34.1 Å². The van der Waals surface area contributed by atoms with E-state index in [2.05, 4.69) is 5.32 Å². The summed E-state index contributed by atoms with van der Waals surface area (Å²) < 4.78 is 52.5. The lowest BCUT2D eigenvalue weighted by Crippen LogP contribution is -2.45. The van der Waals surface area contributed by atoms with Gasteiger partial charge in [0, 0.05) is 37.1 Å². The van der Waals surface area contributed by atoms with E-state index in [9.17, 15) is 22.8 Å². The van der Waals surface area contributed by atoms with Gasteiger partial charge in [-0.2, -0.15) is 13.2 Å². The number of nitrogens with one attached hydrogen (secondary N) is 1. The Morgan fingerprint density at radius 3 is 2.51 bits per heavy atom. The van der Waals surface area contributed by atoms with Gasteiger partial charge in [0.05, 0.1) is 11.2 Å². The van der Waals surface area contributed by atoms with E-state index in [1.807, 2.05) is 17.0 Å². The molecule has 2 aromatic carbocycles. The van der Waals surface area contributed by atoms with Gasteiger partial charge in [-0.1, -0.05) is 17.7 Å². The molecule has 1 saturated heterocycles. The number of pyridine rings is 1. The molecule has 0 aliphatic carbocycles. The second-order valence-corrected chi connectivity index (χ2v) is 10.3. The highest BCUT2D eigenvalue weighted by molar-refractivity contribution is 6.31. The number of nitrogens with zero attached hydrogens (tertiary/aromatic N) is 3. The fourth-order valence-electron chi connectivity index (χ4n) is 5.21. The van der Waals surface area contributed by atoms with E-state index < -0.39 is 24.2 Å². The molecule has 2 aliphatic heterocycles. The van der Waals surface area contributed by atoms with E-state index >= 15 is 0 Å². The first-order valence-electron chi connectivity index (χ1n) is 12.5. The Balaban J connectivity index is 1.79. The maximum atomic E-state index is 13.8. The molecule has 1 N–H and O–H groups in total. The van der Waals surface area contributed by atoms with Crippen LogP contribution in [0.1, 0.15) is 28.8 Å². The van der Waals surface area contributed by atoms with E-state index in [4.69, 9.17) is 21.1 Å². The van der Waals surface area contributed by atoms with Gasteiger partial charge in [-0.3, -0.25) is 14.2 Å². The lowest BCUT2D eigenvalue weighted by Gasteiger charge is -2.38. The van der Waals surface area contributed by atoms with Crippen molar-refractivity contribution in [1.82, 2.24) is 14.8 Å². The number of carbonyl (C=O) groups is 1. The van der Waals surface area contributed by atoms with Crippen LogP contribution in [0.5, 0.6) is 11.5 Å². The van der Waals surface area contributed by atoms with Crippen molar-refractivity contribution in [3.8, 4) is 11.5 Å². The summed E-state index contributed by atoms with van der Waals surface area (Å²) in [6, 6.07) is 9.77. The van der Waals surface area contributed by atoms with Crippen LogP contribution in [-0.4, -0.2) is 61.6 Å². The number of hydrogen-bond donors (Lipinski definition) is 1. The van der Waals surface area contributed by atoms with Gasteiger partial charge >= 0.3 is 6.18 Å². The van der Waals surface area contributed by atoms with Gasteiger partial charge in [-0.05, 0) is 61.8 Å². The van der Waals surface area contributed by atoms with Gasteiger partial charge in [-0.25, -0.2) is 0 Å². The molecule has 0 bridgehead atoms. The maximum absolute atomic E-state index is 13.8. The first-order valence-corrected chi connectivity index (χ1v) is 12.9. The molecule has 39 heavy (non-hydrogen) atoms. The van der Waals surface area contributed by atoms with Crippen molar-refractivity contribution in [3.05, 3.63) is 62.9 Å². The molecule has 8 nitrogen and oxygen atoms in total. The van der Waals surface area contributed by atoms with Crippen LogP contribution in [0.15, 0.2) is 41.2 Å². The summed E-state index contributed by atoms with van der Waals surface area (Å²) in [5.41, 5.74) is -0.162. The molecule has 0 saturated carbocycles. The molecule has 5 rings (SSSR count). The second kappa shape index (κ2) is 10.6. The third-order valence-electron chi connectivity index (χ3n) is 6.98. The molecule has 1 amide bonds. The number of fused-ring (bicyclic) bond motifs is 2. The van der Waals surface area contributed by atoms with Gasteiger partial charge in [0.25, 0.3) is 11.5 Å². The molecule has 3 aromatic rings. The van der Waals surface area contributed by atoms with E-state index in [1.54, 1.807) is 6.07 Å². The summed E-state index contributed by atoms with van der Waals surface area (Å²) in [4.78, 5) is 30.5. The third kappa shape index (κ3) is 5.51. The summed E-state index contributed by atoms with van der Waals surface area (Å²) in [6.07, 6.45) is -3.28. The topological polar surface area (TPSA) is 76.0 Å². The highest BCUT2D eigenvalue weighted by atomic mass is 35.5. The summed E-state index contributed by atoms with van der Waals surface area (Å²) >= 11 is 6.36. The zero-order valence-corrected chi connectivity index (χ0v) is 22.2. The van der Waals surface area contributed by atoms with Crippen molar-refractivity contribution in [1.29, 1.82) is 0 Å². The van der Waals surface area contributed by atoms with Gasteiger partial charge in [0.2, 0.25) is 6.79 Å². The fourth-order valence-corrected chi connectivity index (χ4v) is 5.38. The van der Waals surface area contributed by atoms with Crippen LogP contribution in [0, 0.1) is 0 Å². The minimum absolute atomic E-state index is 0.0525. The lowest BCUT2D eigenvalue weighted by atomic mass is 9.98. The minimum atomic E-state index is -4.68. The molecule has 0 radical (unpaired) electrons. The van der Waals surface area contributed by atoms with Crippen LogP contribution < -0.4 is 25.2 Å². The number of halogens is 4. The van der Waals surface area contributed by atoms with E-state index in [1.165, 1.54) is 37.2 Å². The number of hydrogen-bond acceptors (Lipinski definition) is 6. The fraction of sp³-hybridized carbons (Fsp3) is 0.407. The molecule has 0 spiro atoms. The molecule has 1 aromatic heterocycles. The highest BCUT2D eigenvalue weighted by Gasteiger charge is 2.35. The standard InChI is InChI=1S/C27H28ClF3N4O4/c1-33(2)25(36)23-24(19-12-17(28)4-5-20(19)35(26(23)37)14-27(29,30)31)34(18-7-9-32-10-8-18)13-16-3-6-21-22(11-16)39-15-38-21/h3-6,11-12,18,32H,7-10,13-15H2,1-2H3. The van der Waals surface area contributed by atoms with Crippen LogP contribution in [-0.2, 0) is 13.1 Å². The number of benzene rings is 2. The Morgan fingerprint density at radius 2 is 1.82 bits per heavy atom. The predicted molar refractivity (Wildman–Crippen MR) is 142 cm³/mol. The van der Waals surface area contributed by atoms with Gasteiger partial charge in [0.1, 0.15) is 12.1 Å². The normalized spacial score (nSPS) is 15.5. The van der Waals surface area contributed by atoms with E-state index in [-0.39, 0.29) is 41.2 Å². The number of anilines is 1. The monoisotopic (exact) mass is 564 g/mol. The molecule has 2 aliphatic rings. The van der Waals surface area contributed by atoms with E-state index in [0.29, 0.717) is 47.4 Å². The summed E-state index contributed by atoms with van der Waals surface area (Å²) in [5, 5.41) is 3.89. The van der Waals surface area contributed by atoms with Crippen LogP contribution in [0.3, 0.4) is 0 Å².